The summed E-state index contributed by atoms with van der Waals surface area (Å²) >= 11 is 0. The van der Waals surface area contributed by atoms with E-state index in [1.54, 1.807) is 23.0 Å². The fourth-order valence-electron chi connectivity index (χ4n) is 2.26. The molecule has 6 nitrogen and oxygen atoms in total. The van der Waals surface area contributed by atoms with E-state index in [0.29, 0.717) is 11.3 Å². The molecule has 3 rings (SSSR count). The van der Waals surface area contributed by atoms with Gasteiger partial charge in [0.25, 0.3) is 5.91 Å². The highest BCUT2D eigenvalue weighted by atomic mass is 16.1. The van der Waals surface area contributed by atoms with Crippen molar-refractivity contribution in [3.8, 4) is 0 Å². The van der Waals surface area contributed by atoms with Gasteiger partial charge >= 0.3 is 0 Å². The Kier molecular flexibility index (Phi) is 3.82. The van der Waals surface area contributed by atoms with E-state index in [-0.39, 0.29) is 11.9 Å². The molecule has 0 saturated carbocycles. The highest BCUT2D eigenvalue weighted by molar-refractivity contribution is 6.05. The second-order valence-electron chi connectivity index (χ2n) is 5.85. The van der Waals surface area contributed by atoms with Crippen LogP contribution in [0.2, 0.25) is 0 Å². The second kappa shape index (κ2) is 5.79. The average Bonchev–Trinajstić information content (AvgIpc) is 2.96. The van der Waals surface area contributed by atoms with E-state index in [4.69, 9.17) is 0 Å². The summed E-state index contributed by atoms with van der Waals surface area (Å²) in [5.74, 6) is -0.185. The smallest absolute Gasteiger partial charge is 0.255 e. The highest BCUT2D eigenvalue weighted by Crippen LogP contribution is 2.16. The number of fused-ring (bicyclic) bond motifs is 1. The molecule has 0 radical (unpaired) electrons. The molecule has 2 aromatic heterocycles. The van der Waals surface area contributed by atoms with Gasteiger partial charge in [-0.1, -0.05) is 0 Å². The van der Waals surface area contributed by atoms with Crippen molar-refractivity contribution in [1.82, 2.24) is 19.7 Å². The van der Waals surface area contributed by atoms with Gasteiger partial charge in [0.15, 0.2) is 0 Å². The van der Waals surface area contributed by atoms with Crippen molar-refractivity contribution in [3.63, 3.8) is 0 Å². The van der Waals surface area contributed by atoms with Gasteiger partial charge in [0.1, 0.15) is 0 Å². The summed E-state index contributed by atoms with van der Waals surface area (Å²) in [6, 6.07) is 5.59. The third-order valence-electron chi connectivity index (χ3n) is 3.73. The first-order valence-electron chi connectivity index (χ1n) is 7.54. The van der Waals surface area contributed by atoms with E-state index in [1.807, 2.05) is 40.0 Å². The lowest BCUT2D eigenvalue weighted by atomic mass is 10.1. The van der Waals surface area contributed by atoms with E-state index >= 15 is 0 Å². The third kappa shape index (κ3) is 3.06. The SMILES string of the molecule is Cc1nc2ccc(C(=O)Nc3cnn(C(C)C)c3)cc2nc1C. The monoisotopic (exact) mass is 309 g/mol. The summed E-state index contributed by atoms with van der Waals surface area (Å²) in [5.41, 5.74) is 4.50. The molecule has 1 N–H and O–H groups in total. The predicted molar refractivity (Wildman–Crippen MR) is 89.6 cm³/mol. The fourth-order valence-corrected chi connectivity index (χ4v) is 2.26. The number of nitrogens with one attached hydrogen (secondary N) is 1. The van der Waals surface area contributed by atoms with Crippen LogP contribution in [0.3, 0.4) is 0 Å². The Bertz CT molecular complexity index is 882. The van der Waals surface area contributed by atoms with Gasteiger partial charge in [-0.2, -0.15) is 5.10 Å². The predicted octanol–water partition coefficient (Wildman–Crippen LogP) is 3.28. The van der Waals surface area contributed by atoms with Gasteiger partial charge in [0.2, 0.25) is 0 Å². The van der Waals surface area contributed by atoms with Crippen LogP contribution >= 0.6 is 0 Å². The molecule has 0 aliphatic heterocycles. The van der Waals surface area contributed by atoms with Gasteiger partial charge in [-0.25, -0.2) is 9.97 Å². The van der Waals surface area contributed by atoms with Crippen molar-refractivity contribution in [2.45, 2.75) is 33.7 Å². The molecule has 0 atom stereocenters. The summed E-state index contributed by atoms with van der Waals surface area (Å²) in [7, 11) is 0. The molecular weight excluding hydrogens is 290 g/mol. The normalized spacial score (nSPS) is 11.2. The number of aromatic nitrogens is 4. The maximum absolute atomic E-state index is 12.4. The van der Waals surface area contributed by atoms with Crippen LogP contribution in [0.1, 0.15) is 41.6 Å². The number of benzene rings is 1. The standard InChI is InChI=1S/C17H19N5O/c1-10(2)22-9-14(8-18-22)21-17(23)13-5-6-15-16(7-13)20-12(4)11(3)19-15/h5-10H,1-4H3,(H,21,23). The van der Waals surface area contributed by atoms with E-state index in [9.17, 15) is 4.79 Å². The molecule has 6 heteroatoms. The molecule has 23 heavy (non-hydrogen) atoms. The lowest BCUT2D eigenvalue weighted by Gasteiger charge is -2.06. The molecule has 1 amide bonds. The van der Waals surface area contributed by atoms with Crippen LogP contribution in [0, 0.1) is 13.8 Å². The first-order valence-corrected chi connectivity index (χ1v) is 7.54. The molecule has 1 aromatic carbocycles. The maximum atomic E-state index is 12.4. The molecule has 0 aliphatic carbocycles. The third-order valence-corrected chi connectivity index (χ3v) is 3.73. The van der Waals surface area contributed by atoms with Gasteiger partial charge in [0.05, 0.1) is 34.3 Å². The number of carbonyl (C=O) groups excluding carboxylic acids is 1. The largest absolute Gasteiger partial charge is 0.319 e. The quantitative estimate of drug-likeness (QED) is 0.806. The number of nitrogens with zero attached hydrogens (tertiary/aromatic N) is 4. The van der Waals surface area contributed by atoms with Crippen LogP contribution < -0.4 is 5.32 Å². The molecule has 0 fully saturated rings. The average molecular weight is 309 g/mol. The number of hydrogen-bond donors (Lipinski definition) is 1. The Balaban J connectivity index is 1.86. The number of rotatable bonds is 3. The zero-order chi connectivity index (χ0) is 16.6. The number of aryl methyl sites for hydroxylation is 2. The van der Waals surface area contributed by atoms with Crippen molar-refractivity contribution in [1.29, 1.82) is 0 Å². The molecule has 0 spiro atoms. The van der Waals surface area contributed by atoms with Crippen LogP contribution in [0.4, 0.5) is 5.69 Å². The number of anilines is 1. The molecule has 0 unspecified atom stereocenters. The van der Waals surface area contributed by atoms with E-state index < -0.39 is 0 Å². The topological polar surface area (TPSA) is 72.7 Å². The minimum atomic E-state index is -0.185. The van der Waals surface area contributed by atoms with Crippen LogP contribution in [-0.4, -0.2) is 25.7 Å². The number of hydrogen-bond acceptors (Lipinski definition) is 4. The number of carbonyl (C=O) groups is 1. The summed E-state index contributed by atoms with van der Waals surface area (Å²) < 4.78 is 1.80. The number of amides is 1. The molecule has 0 bridgehead atoms. The van der Waals surface area contributed by atoms with Crippen LogP contribution in [0.5, 0.6) is 0 Å². The fraction of sp³-hybridized carbons (Fsp3) is 0.294. The molecule has 118 valence electrons. The first kappa shape index (κ1) is 15.1. The maximum Gasteiger partial charge on any atom is 0.255 e. The minimum absolute atomic E-state index is 0.185. The molecule has 2 heterocycles. The second-order valence-corrected chi connectivity index (χ2v) is 5.85. The van der Waals surface area contributed by atoms with Crippen molar-refractivity contribution in [2.75, 3.05) is 5.32 Å². The van der Waals surface area contributed by atoms with Crippen molar-refractivity contribution < 1.29 is 4.79 Å². The summed E-state index contributed by atoms with van der Waals surface area (Å²) in [5, 5.41) is 7.07. The van der Waals surface area contributed by atoms with Gasteiger partial charge < -0.3 is 5.32 Å². The van der Waals surface area contributed by atoms with Gasteiger partial charge in [-0.3, -0.25) is 9.48 Å². The Morgan fingerprint density at radius 3 is 2.48 bits per heavy atom. The van der Waals surface area contributed by atoms with Gasteiger partial charge in [-0.15, -0.1) is 0 Å². The van der Waals surface area contributed by atoms with E-state index in [2.05, 4.69) is 20.4 Å². The van der Waals surface area contributed by atoms with Gasteiger partial charge in [0, 0.05) is 17.8 Å². The first-order chi connectivity index (χ1) is 10.9. The molecule has 0 saturated heterocycles. The van der Waals surface area contributed by atoms with Crippen LogP contribution in [0.25, 0.3) is 11.0 Å². The Hall–Kier alpha value is -2.76. The Morgan fingerprint density at radius 2 is 1.83 bits per heavy atom. The van der Waals surface area contributed by atoms with E-state index in [1.165, 1.54) is 0 Å². The molecule has 3 aromatic rings. The summed E-state index contributed by atoms with van der Waals surface area (Å²) in [6.45, 7) is 7.90. The van der Waals surface area contributed by atoms with E-state index in [0.717, 1.165) is 22.4 Å². The Morgan fingerprint density at radius 1 is 1.13 bits per heavy atom. The zero-order valence-electron chi connectivity index (χ0n) is 13.7. The van der Waals surface area contributed by atoms with Crippen molar-refractivity contribution >= 4 is 22.6 Å². The lowest BCUT2D eigenvalue weighted by Crippen LogP contribution is -2.11. The molecule has 0 aliphatic rings. The van der Waals surface area contributed by atoms with Crippen LogP contribution in [0.15, 0.2) is 30.6 Å². The lowest BCUT2D eigenvalue weighted by molar-refractivity contribution is 0.102. The molecular formula is C17H19N5O. The van der Waals surface area contributed by atoms with Crippen molar-refractivity contribution in [2.24, 2.45) is 0 Å². The zero-order valence-corrected chi connectivity index (χ0v) is 13.7. The summed E-state index contributed by atoms with van der Waals surface area (Å²) in [6.07, 6.45) is 3.46. The van der Waals surface area contributed by atoms with Crippen LogP contribution in [-0.2, 0) is 0 Å². The van der Waals surface area contributed by atoms with Crippen molar-refractivity contribution in [3.05, 3.63) is 47.5 Å². The summed E-state index contributed by atoms with van der Waals surface area (Å²) in [4.78, 5) is 21.4. The Labute approximate surface area is 134 Å². The van der Waals surface area contributed by atoms with Gasteiger partial charge in [-0.05, 0) is 45.9 Å². The minimum Gasteiger partial charge on any atom is -0.319 e. The highest BCUT2D eigenvalue weighted by Gasteiger charge is 2.10.